The summed E-state index contributed by atoms with van der Waals surface area (Å²) in [7, 11) is 0. The van der Waals surface area contributed by atoms with Gasteiger partial charge in [-0.1, -0.05) is 18.0 Å². The van der Waals surface area contributed by atoms with E-state index in [0.29, 0.717) is 17.6 Å². The summed E-state index contributed by atoms with van der Waals surface area (Å²) in [5, 5.41) is 7.31. The van der Waals surface area contributed by atoms with Gasteiger partial charge in [-0.3, -0.25) is 4.79 Å². The number of carbonyl (C=O) groups is 1. The molecule has 1 atom stereocenters. The minimum Gasteiger partial charge on any atom is -0.365 e. The molecule has 132 valence electrons. The minimum atomic E-state index is 0.197. The molecule has 2 aromatic rings. The van der Waals surface area contributed by atoms with E-state index in [1.54, 1.807) is 13.1 Å². The van der Waals surface area contributed by atoms with Crippen molar-refractivity contribution in [2.24, 2.45) is 5.92 Å². The predicted molar refractivity (Wildman–Crippen MR) is 92.8 cm³/mol. The van der Waals surface area contributed by atoms with E-state index in [1.165, 1.54) is 12.8 Å². The molecule has 1 aliphatic carbocycles. The number of aryl methyl sites for hydroxylation is 1. The number of likely N-dealkylation sites (tertiary alicyclic amines) is 1. The average Bonchev–Trinajstić information content (AvgIpc) is 3.36. The summed E-state index contributed by atoms with van der Waals surface area (Å²) >= 11 is 0. The van der Waals surface area contributed by atoms with Crippen molar-refractivity contribution >= 4 is 11.7 Å². The Labute approximate surface area is 146 Å². The van der Waals surface area contributed by atoms with Gasteiger partial charge in [0.1, 0.15) is 5.82 Å². The van der Waals surface area contributed by atoms with Crippen LogP contribution in [0, 0.1) is 12.8 Å². The Hall–Kier alpha value is -2.44. The van der Waals surface area contributed by atoms with E-state index in [4.69, 9.17) is 4.52 Å². The molecule has 3 heterocycles. The zero-order valence-corrected chi connectivity index (χ0v) is 14.4. The van der Waals surface area contributed by atoms with Crippen LogP contribution < -0.4 is 5.32 Å². The van der Waals surface area contributed by atoms with Crippen molar-refractivity contribution in [3.63, 3.8) is 0 Å². The number of nitrogens with one attached hydrogen (secondary N) is 1. The molecule has 2 aromatic heterocycles. The van der Waals surface area contributed by atoms with E-state index in [2.05, 4.69) is 20.4 Å². The predicted octanol–water partition coefficient (Wildman–Crippen LogP) is 2.64. The quantitative estimate of drug-likeness (QED) is 0.920. The standard InChI is InChI=1S/C18H23N5O2/c1-12-20-17(25-22-12)15-7-4-9-19-16(15)21-14-8-10-23(11-14)18(24)13-5-2-3-6-13/h4,7,9,13-14H,2-3,5-6,8,10-11H2,1H3,(H,19,21). The van der Waals surface area contributed by atoms with Gasteiger partial charge in [-0.15, -0.1) is 0 Å². The maximum atomic E-state index is 12.6. The summed E-state index contributed by atoms with van der Waals surface area (Å²) in [5.74, 6) is 2.36. The molecule has 7 nitrogen and oxygen atoms in total. The Balaban J connectivity index is 1.44. The van der Waals surface area contributed by atoms with Crippen molar-refractivity contribution in [3.8, 4) is 11.5 Å². The van der Waals surface area contributed by atoms with Crippen molar-refractivity contribution in [2.75, 3.05) is 18.4 Å². The third-order valence-corrected chi connectivity index (χ3v) is 5.11. The van der Waals surface area contributed by atoms with Crippen LogP contribution in [-0.2, 0) is 4.79 Å². The molecule has 0 radical (unpaired) electrons. The Morgan fingerprint density at radius 3 is 2.92 bits per heavy atom. The van der Waals surface area contributed by atoms with Gasteiger partial charge in [0.25, 0.3) is 5.89 Å². The normalized spacial score (nSPS) is 21.0. The number of carbonyl (C=O) groups excluding carboxylic acids is 1. The van der Waals surface area contributed by atoms with Gasteiger partial charge in [0.2, 0.25) is 5.91 Å². The molecule has 1 saturated heterocycles. The zero-order chi connectivity index (χ0) is 17.2. The molecule has 25 heavy (non-hydrogen) atoms. The van der Waals surface area contributed by atoms with Gasteiger partial charge in [-0.05, 0) is 38.3 Å². The molecule has 4 rings (SSSR count). The molecular formula is C18H23N5O2. The fraction of sp³-hybridized carbons (Fsp3) is 0.556. The Kier molecular flexibility index (Phi) is 4.38. The van der Waals surface area contributed by atoms with E-state index in [9.17, 15) is 4.79 Å². The third-order valence-electron chi connectivity index (χ3n) is 5.11. The minimum absolute atomic E-state index is 0.197. The van der Waals surface area contributed by atoms with E-state index < -0.39 is 0 Å². The van der Waals surface area contributed by atoms with Crippen molar-refractivity contribution in [1.82, 2.24) is 20.0 Å². The summed E-state index contributed by atoms with van der Waals surface area (Å²) in [6, 6.07) is 3.96. The van der Waals surface area contributed by atoms with Crippen LogP contribution in [0.1, 0.15) is 37.9 Å². The number of hydrogen-bond donors (Lipinski definition) is 1. The Morgan fingerprint density at radius 2 is 2.16 bits per heavy atom. The molecule has 1 N–H and O–H groups in total. The van der Waals surface area contributed by atoms with Crippen molar-refractivity contribution < 1.29 is 9.32 Å². The van der Waals surface area contributed by atoms with Gasteiger partial charge >= 0.3 is 0 Å². The van der Waals surface area contributed by atoms with Crippen LogP contribution in [0.2, 0.25) is 0 Å². The van der Waals surface area contributed by atoms with Crippen molar-refractivity contribution in [3.05, 3.63) is 24.2 Å². The maximum absolute atomic E-state index is 12.6. The summed E-state index contributed by atoms with van der Waals surface area (Å²) in [6.45, 7) is 3.34. The van der Waals surface area contributed by atoms with Gasteiger partial charge in [0.15, 0.2) is 5.82 Å². The summed E-state index contributed by atoms with van der Waals surface area (Å²) in [6.07, 6.45) is 7.14. The highest BCUT2D eigenvalue weighted by atomic mass is 16.5. The van der Waals surface area contributed by atoms with Crippen LogP contribution in [-0.4, -0.2) is 45.1 Å². The highest BCUT2D eigenvalue weighted by Gasteiger charge is 2.32. The van der Waals surface area contributed by atoms with Crippen molar-refractivity contribution in [1.29, 1.82) is 0 Å². The molecule has 1 amide bonds. The molecule has 2 fully saturated rings. The van der Waals surface area contributed by atoms with Crippen molar-refractivity contribution in [2.45, 2.75) is 45.1 Å². The van der Waals surface area contributed by atoms with Crippen LogP contribution in [0.4, 0.5) is 5.82 Å². The molecule has 1 saturated carbocycles. The number of nitrogens with zero attached hydrogens (tertiary/aromatic N) is 4. The lowest BCUT2D eigenvalue weighted by atomic mass is 10.1. The monoisotopic (exact) mass is 341 g/mol. The smallest absolute Gasteiger partial charge is 0.261 e. The second-order valence-corrected chi connectivity index (χ2v) is 6.94. The summed E-state index contributed by atoms with van der Waals surface area (Å²) in [5.41, 5.74) is 0.795. The summed E-state index contributed by atoms with van der Waals surface area (Å²) < 4.78 is 5.28. The molecule has 2 aliphatic rings. The van der Waals surface area contributed by atoms with Gasteiger partial charge in [0.05, 0.1) is 5.56 Å². The second-order valence-electron chi connectivity index (χ2n) is 6.94. The topological polar surface area (TPSA) is 84.2 Å². The molecule has 7 heteroatoms. The van der Waals surface area contributed by atoms with Gasteiger partial charge in [0, 0.05) is 31.2 Å². The first-order valence-electron chi connectivity index (χ1n) is 9.02. The molecule has 1 unspecified atom stereocenters. The average molecular weight is 341 g/mol. The number of pyridine rings is 1. The lowest BCUT2D eigenvalue weighted by molar-refractivity contribution is -0.134. The van der Waals surface area contributed by atoms with E-state index in [1.807, 2.05) is 17.0 Å². The first kappa shape index (κ1) is 16.1. The largest absolute Gasteiger partial charge is 0.365 e. The van der Waals surface area contributed by atoms with E-state index in [0.717, 1.165) is 43.7 Å². The van der Waals surface area contributed by atoms with Crippen LogP contribution in [0.15, 0.2) is 22.9 Å². The van der Waals surface area contributed by atoms with Gasteiger partial charge in [-0.25, -0.2) is 4.98 Å². The molecule has 1 aliphatic heterocycles. The number of hydrogen-bond acceptors (Lipinski definition) is 6. The third kappa shape index (κ3) is 3.36. The molecule has 0 bridgehead atoms. The zero-order valence-electron chi connectivity index (χ0n) is 14.4. The maximum Gasteiger partial charge on any atom is 0.261 e. The SMILES string of the molecule is Cc1noc(-c2cccnc2NC2CCN(C(=O)C3CCCC3)C2)n1. The first-order valence-corrected chi connectivity index (χ1v) is 9.02. The number of aromatic nitrogens is 3. The second kappa shape index (κ2) is 6.82. The van der Waals surface area contributed by atoms with Gasteiger partial charge < -0.3 is 14.7 Å². The molecule has 0 aromatic carbocycles. The lowest BCUT2D eigenvalue weighted by Gasteiger charge is -2.21. The van der Waals surface area contributed by atoms with Gasteiger partial charge in [-0.2, -0.15) is 4.98 Å². The summed E-state index contributed by atoms with van der Waals surface area (Å²) in [4.78, 5) is 23.3. The van der Waals surface area contributed by atoms with E-state index >= 15 is 0 Å². The molecular weight excluding hydrogens is 318 g/mol. The molecule has 0 spiro atoms. The number of rotatable bonds is 4. The van der Waals surface area contributed by atoms with E-state index in [-0.39, 0.29) is 12.0 Å². The Bertz CT molecular complexity index is 753. The number of anilines is 1. The number of amides is 1. The van der Waals surface area contributed by atoms with Crippen LogP contribution >= 0.6 is 0 Å². The van der Waals surface area contributed by atoms with Crippen LogP contribution in [0.3, 0.4) is 0 Å². The fourth-order valence-corrected chi connectivity index (χ4v) is 3.80. The first-order chi connectivity index (χ1) is 12.2. The highest BCUT2D eigenvalue weighted by Crippen LogP contribution is 2.29. The lowest BCUT2D eigenvalue weighted by Crippen LogP contribution is -2.35. The highest BCUT2D eigenvalue weighted by molar-refractivity contribution is 5.79. The van der Waals surface area contributed by atoms with Crippen LogP contribution in [0.5, 0.6) is 0 Å². The Morgan fingerprint density at radius 1 is 1.32 bits per heavy atom. The fourth-order valence-electron chi connectivity index (χ4n) is 3.80. The van der Waals surface area contributed by atoms with Crippen LogP contribution in [0.25, 0.3) is 11.5 Å².